The van der Waals surface area contributed by atoms with Crippen LogP contribution in [-0.4, -0.2) is 12.6 Å². The Hall–Kier alpha value is -2.62. The Morgan fingerprint density at radius 3 is 2.52 bits per heavy atom. The van der Waals surface area contributed by atoms with Crippen LogP contribution in [0.25, 0.3) is 6.08 Å². The summed E-state index contributed by atoms with van der Waals surface area (Å²) in [4.78, 5) is 11.6. The lowest BCUT2D eigenvalue weighted by Gasteiger charge is -2.05. The molecule has 2 amide bonds. The number of hydrogen-bond acceptors (Lipinski definition) is 1. The minimum Gasteiger partial charge on any atom is -0.338 e. The third-order valence-electron chi connectivity index (χ3n) is 3.40. The first-order valence-corrected chi connectivity index (χ1v) is 7.75. The van der Waals surface area contributed by atoms with E-state index in [1.165, 1.54) is 23.9 Å². The summed E-state index contributed by atoms with van der Waals surface area (Å²) in [5.74, 6) is -0.313. The number of urea groups is 1. The van der Waals surface area contributed by atoms with Crippen molar-refractivity contribution in [2.75, 3.05) is 6.54 Å². The largest absolute Gasteiger partial charge is 0.338 e. The van der Waals surface area contributed by atoms with Gasteiger partial charge in [0.2, 0.25) is 0 Å². The van der Waals surface area contributed by atoms with Gasteiger partial charge in [0.25, 0.3) is 0 Å². The molecule has 0 bridgehead atoms. The van der Waals surface area contributed by atoms with Gasteiger partial charge < -0.3 is 10.6 Å². The Balaban J connectivity index is 1.59. The van der Waals surface area contributed by atoms with Gasteiger partial charge in [-0.25, -0.2) is 9.18 Å². The van der Waals surface area contributed by atoms with Gasteiger partial charge in [-0.05, 0) is 37.0 Å². The van der Waals surface area contributed by atoms with Gasteiger partial charge in [0.05, 0.1) is 0 Å². The molecule has 0 aromatic heterocycles. The highest BCUT2D eigenvalue weighted by Crippen LogP contribution is 2.07. The van der Waals surface area contributed by atoms with Gasteiger partial charge >= 0.3 is 6.03 Å². The Bertz CT molecular complexity index is 641. The van der Waals surface area contributed by atoms with E-state index in [1.54, 1.807) is 18.2 Å². The summed E-state index contributed by atoms with van der Waals surface area (Å²) in [5.41, 5.74) is 1.75. The van der Waals surface area contributed by atoms with E-state index < -0.39 is 0 Å². The zero-order valence-electron chi connectivity index (χ0n) is 13.0. The molecule has 0 unspecified atom stereocenters. The topological polar surface area (TPSA) is 41.1 Å². The first-order chi connectivity index (χ1) is 11.3. The van der Waals surface area contributed by atoms with Crippen LogP contribution in [0, 0.1) is 5.82 Å². The Morgan fingerprint density at radius 2 is 1.74 bits per heavy atom. The molecular formula is C19H21FN2O. The van der Waals surface area contributed by atoms with E-state index in [0.717, 1.165) is 19.3 Å². The predicted octanol–water partition coefficient (Wildman–Crippen LogP) is 4.12. The second-order valence-corrected chi connectivity index (χ2v) is 5.20. The minimum atomic E-state index is -0.313. The van der Waals surface area contributed by atoms with Crippen LogP contribution in [0.5, 0.6) is 0 Å². The summed E-state index contributed by atoms with van der Waals surface area (Å²) in [7, 11) is 0. The van der Waals surface area contributed by atoms with Gasteiger partial charge in [-0.2, -0.15) is 0 Å². The molecule has 0 saturated heterocycles. The summed E-state index contributed by atoms with van der Waals surface area (Å²) in [5, 5.41) is 5.34. The van der Waals surface area contributed by atoms with Crippen LogP contribution in [0.3, 0.4) is 0 Å². The van der Waals surface area contributed by atoms with Crippen molar-refractivity contribution in [2.24, 2.45) is 0 Å². The standard InChI is InChI=1S/C19H21FN2O/c20-18-12-5-4-11-17(18)13-15-22-19(23)21-14-7-6-10-16-8-2-1-3-9-16/h1-5,8-9,11-13,15H,6-7,10,14H2,(H2,21,22,23)/b15-13+. The van der Waals surface area contributed by atoms with Gasteiger partial charge in [-0.3, -0.25) is 0 Å². The molecule has 23 heavy (non-hydrogen) atoms. The average molecular weight is 312 g/mol. The molecule has 2 aromatic carbocycles. The molecular weight excluding hydrogens is 291 g/mol. The minimum absolute atomic E-state index is 0.280. The summed E-state index contributed by atoms with van der Waals surface area (Å²) >= 11 is 0. The van der Waals surface area contributed by atoms with E-state index in [9.17, 15) is 9.18 Å². The number of hydrogen-bond donors (Lipinski definition) is 2. The second-order valence-electron chi connectivity index (χ2n) is 5.20. The highest BCUT2D eigenvalue weighted by atomic mass is 19.1. The fourth-order valence-electron chi connectivity index (χ4n) is 2.17. The summed E-state index contributed by atoms with van der Waals surface area (Å²) in [6.45, 7) is 0.617. The van der Waals surface area contributed by atoms with Crippen molar-refractivity contribution in [1.82, 2.24) is 10.6 Å². The molecule has 2 aromatic rings. The van der Waals surface area contributed by atoms with Gasteiger partial charge in [0.15, 0.2) is 0 Å². The number of carbonyl (C=O) groups excluding carboxylic acids is 1. The number of nitrogens with one attached hydrogen (secondary N) is 2. The van der Waals surface area contributed by atoms with E-state index >= 15 is 0 Å². The number of carbonyl (C=O) groups is 1. The van der Waals surface area contributed by atoms with Crippen LogP contribution in [-0.2, 0) is 6.42 Å². The van der Waals surface area contributed by atoms with Crippen LogP contribution in [0.1, 0.15) is 24.0 Å². The lowest BCUT2D eigenvalue weighted by atomic mass is 10.1. The quantitative estimate of drug-likeness (QED) is 0.742. The van der Waals surface area contributed by atoms with Crippen molar-refractivity contribution >= 4 is 12.1 Å². The molecule has 2 N–H and O–H groups in total. The van der Waals surface area contributed by atoms with Crippen LogP contribution in [0.4, 0.5) is 9.18 Å². The first-order valence-electron chi connectivity index (χ1n) is 7.75. The molecule has 0 aliphatic heterocycles. The van der Waals surface area contributed by atoms with Crippen LogP contribution in [0.15, 0.2) is 60.8 Å². The zero-order valence-corrected chi connectivity index (χ0v) is 13.0. The first kappa shape index (κ1) is 16.7. The van der Waals surface area contributed by atoms with Crippen molar-refractivity contribution in [2.45, 2.75) is 19.3 Å². The molecule has 0 aliphatic carbocycles. The maximum Gasteiger partial charge on any atom is 0.318 e. The molecule has 2 rings (SSSR count). The predicted molar refractivity (Wildman–Crippen MR) is 91.3 cm³/mol. The van der Waals surface area contributed by atoms with Gasteiger partial charge in [0.1, 0.15) is 5.82 Å². The van der Waals surface area contributed by atoms with Crippen molar-refractivity contribution in [3.63, 3.8) is 0 Å². The highest BCUT2D eigenvalue weighted by Gasteiger charge is 1.98. The molecule has 120 valence electrons. The maximum atomic E-state index is 13.4. The van der Waals surface area contributed by atoms with E-state index in [1.807, 2.05) is 18.2 Å². The SMILES string of the molecule is O=C(N/C=C/c1ccccc1F)NCCCCc1ccccc1. The molecule has 0 aliphatic rings. The van der Waals surface area contributed by atoms with E-state index in [-0.39, 0.29) is 11.8 Å². The van der Waals surface area contributed by atoms with Crippen molar-refractivity contribution in [3.05, 3.63) is 77.7 Å². The highest BCUT2D eigenvalue weighted by molar-refractivity contribution is 5.75. The number of unbranched alkanes of at least 4 members (excludes halogenated alkanes) is 1. The molecule has 0 spiro atoms. The Morgan fingerprint density at radius 1 is 1.00 bits per heavy atom. The monoisotopic (exact) mass is 312 g/mol. The molecule has 0 radical (unpaired) electrons. The van der Waals surface area contributed by atoms with Crippen LogP contribution >= 0.6 is 0 Å². The smallest absolute Gasteiger partial charge is 0.318 e. The lowest BCUT2D eigenvalue weighted by Crippen LogP contribution is -2.32. The van der Waals surface area contributed by atoms with E-state index in [4.69, 9.17) is 0 Å². The van der Waals surface area contributed by atoms with Crippen LogP contribution in [0.2, 0.25) is 0 Å². The number of rotatable bonds is 7. The summed E-state index contributed by atoms with van der Waals surface area (Å²) in [6.07, 6.45) is 5.92. The maximum absolute atomic E-state index is 13.4. The van der Waals surface area contributed by atoms with Gasteiger partial charge in [-0.15, -0.1) is 0 Å². The van der Waals surface area contributed by atoms with Crippen molar-refractivity contribution in [3.8, 4) is 0 Å². The van der Waals surface area contributed by atoms with Crippen molar-refractivity contribution in [1.29, 1.82) is 0 Å². The second kappa shape index (κ2) is 9.41. The number of benzene rings is 2. The van der Waals surface area contributed by atoms with Crippen molar-refractivity contribution < 1.29 is 9.18 Å². The number of aryl methyl sites for hydroxylation is 1. The summed E-state index contributed by atoms with van der Waals surface area (Å²) in [6, 6.07) is 16.4. The zero-order chi connectivity index (χ0) is 16.3. The van der Waals surface area contributed by atoms with Crippen LogP contribution < -0.4 is 10.6 Å². The fraction of sp³-hybridized carbons (Fsp3) is 0.211. The average Bonchev–Trinajstić information content (AvgIpc) is 2.57. The molecule has 4 heteroatoms. The normalized spacial score (nSPS) is 10.7. The third kappa shape index (κ3) is 6.34. The molecule has 0 atom stereocenters. The molecule has 0 saturated carbocycles. The molecule has 0 fully saturated rings. The number of amides is 2. The third-order valence-corrected chi connectivity index (χ3v) is 3.40. The number of halogens is 1. The summed E-state index contributed by atoms with van der Waals surface area (Å²) < 4.78 is 13.4. The Labute approximate surface area is 136 Å². The molecule has 3 nitrogen and oxygen atoms in total. The van der Waals surface area contributed by atoms with E-state index in [2.05, 4.69) is 22.8 Å². The fourth-order valence-corrected chi connectivity index (χ4v) is 2.17. The van der Waals surface area contributed by atoms with Gasteiger partial charge in [-0.1, -0.05) is 48.5 Å². The molecule has 0 heterocycles. The van der Waals surface area contributed by atoms with Gasteiger partial charge in [0, 0.05) is 18.3 Å². The lowest BCUT2D eigenvalue weighted by molar-refractivity contribution is 0.244. The Kier molecular flexibility index (Phi) is 6.85. The van der Waals surface area contributed by atoms with E-state index in [0.29, 0.717) is 12.1 Å².